The van der Waals surface area contributed by atoms with E-state index in [2.05, 4.69) is 38.2 Å². The van der Waals surface area contributed by atoms with Crippen molar-refractivity contribution in [2.45, 2.75) is 72.1 Å². The van der Waals surface area contributed by atoms with E-state index in [4.69, 9.17) is 16.3 Å². The topological polar surface area (TPSA) is 43.4 Å². The van der Waals surface area contributed by atoms with Gasteiger partial charge in [0.25, 0.3) is 0 Å². The molecule has 0 saturated carbocycles. The second-order valence-electron chi connectivity index (χ2n) is 6.61. The van der Waals surface area contributed by atoms with Crippen molar-refractivity contribution in [1.82, 2.24) is 0 Å². The zero-order chi connectivity index (χ0) is 18.2. The molecule has 24 heavy (non-hydrogen) atoms. The number of rotatable bonds is 14. The van der Waals surface area contributed by atoms with Crippen molar-refractivity contribution in [2.24, 2.45) is 11.8 Å². The molecule has 0 aromatic heterocycles. The van der Waals surface area contributed by atoms with Crippen LogP contribution in [0.1, 0.15) is 72.1 Å². The standard InChI is InChI=1S/C20H33ClO3/c1-17(2)12-8-4-7-11-15-20(23)24-16-18(3)13-9-5-6-10-14-19(21)22/h8-9,12-13,17-18H,4-7,10-11,14-16H2,1-3H3/b12-8+,13-9+. The molecule has 0 radical (unpaired) electrons. The Morgan fingerprint density at radius 2 is 1.50 bits per heavy atom. The summed E-state index contributed by atoms with van der Waals surface area (Å²) in [5.74, 6) is 0.702. The average Bonchev–Trinajstić information content (AvgIpc) is 2.51. The van der Waals surface area contributed by atoms with E-state index in [0.717, 1.165) is 38.5 Å². The van der Waals surface area contributed by atoms with Gasteiger partial charge in [-0.3, -0.25) is 9.59 Å². The monoisotopic (exact) mass is 356 g/mol. The van der Waals surface area contributed by atoms with Gasteiger partial charge < -0.3 is 4.74 Å². The van der Waals surface area contributed by atoms with Gasteiger partial charge in [-0.15, -0.1) is 0 Å². The summed E-state index contributed by atoms with van der Waals surface area (Å²) in [6.07, 6.45) is 15.1. The Kier molecular flexibility index (Phi) is 14.7. The molecule has 1 atom stereocenters. The maximum absolute atomic E-state index is 11.7. The summed E-state index contributed by atoms with van der Waals surface area (Å²) < 4.78 is 5.29. The molecule has 0 saturated heterocycles. The molecule has 0 aliphatic carbocycles. The van der Waals surface area contributed by atoms with Gasteiger partial charge in [-0.2, -0.15) is 0 Å². The summed E-state index contributed by atoms with van der Waals surface area (Å²) in [7, 11) is 0. The Bertz CT molecular complexity index is 400. The first kappa shape index (κ1) is 22.9. The van der Waals surface area contributed by atoms with E-state index in [0.29, 0.717) is 25.4 Å². The average molecular weight is 357 g/mol. The van der Waals surface area contributed by atoms with E-state index in [9.17, 15) is 9.59 Å². The van der Waals surface area contributed by atoms with Gasteiger partial charge in [0, 0.05) is 18.8 Å². The van der Waals surface area contributed by atoms with Crippen LogP contribution in [0.2, 0.25) is 0 Å². The number of allylic oxidation sites excluding steroid dienone is 3. The molecule has 0 spiro atoms. The van der Waals surface area contributed by atoms with Gasteiger partial charge in [-0.05, 0) is 56.0 Å². The molecule has 0 aromatic carbocycles. The van der Waals surface area contributed by atoms with E-state index in [1.54, 1.807) is 0 Å². The van der Waals surface area contributed by atoms with Crippen molar-refractivity contribution < 1.29 is 14.3 Å². The van der Waals surface area contributed by atoms with Gasteiger partial charge in [0.05, 0.1) is 6.61 Å². The van der Waals surface area contributed by atoms with E-state index < -0.39 is 0 Å². The van der Waals surface area contributed by atoms with Crippen LogP contribution in [0.5, 0.6) is 0 Å². The molecule has 0 aliphatic rings. The molecule has 138 valence electrons. The maximum atomic E-state index is 11.7. The van der Waals surface area contributed by atoms with Crippen LogP contribution in [-0.2, 0) is 14.3 Å². The summed E-state index contributed by atoms with van der Waals surface area (Å²) in [6, 6.07) is 0. The fourth-order valence-corrected chi connectivity index (χ4v) is 2.24. The lowest BCUT2D eigenvalue weighted by molar-refractivity contribution is -0.144. The predicted octanol–water partition coefficient (Wildman–Crippen LogP) is 5.82. The first-order valence-corrected chi connectivity index (χ1v) is 9.47. The predicted molar refractivity (Wildman–Crippen MR) is 101 cm³/mol. The highest BCUT2D eigenvalue weighted by atomic mass is 35.5. The molecular weight excluding hydrogens is 324 g/mol. The van der Waals surface area contributed by atoms with E-state index in [-0.39, 0.29) is 17.1 Å². The number of hydrogen-bond donors (Lipinski definition) is 0. The molecule has 0 heterocycles. The first-order chi connectivity index (χ1) is 11.4. The van der Waals surface area contributed by atoms with Crippen molar-refractivity contribution in [2.75, 3.05) is 6.61 Å². The van der Waals surface area contributed by atoms with Crippen LogP contribution < -0.4 is 0 Å². The normalized spacial score (nSPS) is 13.0. The third-order valence-corrected chi connectivity index (χ3v) is 3.68. The van der Waals surface area contributed by atoms with Crippen molar-refractivity contribution in [3.05, 3.63) is 24.3 Å². The molecule has 0 bridgehead atoms. The Balaban J connectivity index is 3.58. The fraction of sp³-hybridized carbons (Fsp3) is 0.700. The molecule has 4 heteroatoms. The van der Waals surface area contributed by atoms with E-state index in [1.165, 1.54) is 0 Å². The summed E-state index contributed by atoms with van der Waals surface area (Å²) in [4.78, 5) is 22.2. The minimum atomic E-state index is -0.268. The highest BCUT2D eigenvalue weighted by Crippen LogP contribution is 2.07. The summed E-state index contributed by atoms with van der Waals surface area (Å²) in [5, 5.41) is -0.268. The van der Waals surface area contributed by atoms with Gasteiger partial charge in [0.15, 0.2) is 0 Å². The van der Waals surface area contributed by atoms with Crippen molar-refractivity contribution >= 4 is 22.8 Å². The van der Waals surface area contributed by atoms with Gasteiger partial charge >= 0.3 is 5.97 Å². The molecule has 0 aromatic rings. The molecule has 0 fully saturated rings. The molecule has 3 nitrogen and oxygen atoms in total. The van der Waals surface area contributed by atoms with E-state index >= 15 is 0 Å². The highest BCUT2D eigenvalue weighted by molar-refractivity contribution is 6.63. The third-order valence-electron chi connectivity index (χ3n) is 3.49. The SMILES string of the molecule is CC(C)/C=C/CCCCC(=O)OCC(C)/C=C/CCCCC(=O)Cl. The molecule has 0 rings (SSSR count). The van der Waals surface area contributed by atoms with Crippen LogP contribution in [0.25, 0.3) is 0 Å². The van der Waals surface area contributed by atoms with Crippen LogP contribution in [0.4, 0.5) is 0 Å². The molecule has 1 unspecified atom stereocenters. The van der Waals surface area contributed by atoms with E-state index in [1.807, 2.05) is 6.92 Å². The number of esters is 1. The molecular formula is C20H33ClO3. The van der Waals surface area contributed by atoms with Gasteiger partial charge in [0.2, 0.25) is 5.24 Å². The quantitative estimate of drug-likeness (QED) is 0.170. The molecule has 0 aliphatic heterocycles. The van der Waals surface area contributed by atoms with Crippen LogP contribution in [-0.4, -0.2) is 17.8 Å². The van der Waals surface area contributed by atoms with Gasteiger partial charge in [-0.25, -0.2) is 0 Å². The fourth-order valence-electron chi connectivity index (χ4n) is 2.11. The Morgan fingerprint density at radius 1 is 0.917 bits per heavy atom. The van der Waals surface area contributed by atoms with Gasteiger partial charge in [-0.1, -0.05) is 45.1 Å². The van der Waals surface area contributed by atoms with Crippen molar-refractivity contribution in [3.8, 4) is 0 Å². The van der Waals surface area contributed by atoms with Crippen LogP contribution in [0, 0.1) is 11.8 Å². The Hall–Kier alpha value is -1.09. The second kappa shape index (κ2) is 15.4. The van der Waals surface area contributed by atoms with Crippen molar-refractivity contribution in [3.63, 3.8) is 0 Å². The lowest BCUT2D eigenvalue weighted by Gasteiger charge is -2.08. The number of ether oxygens (including phenoxy) is 1. The summed E-state index contributed by atoms with van der Waals surface area (Å²) in [5.41, 5.74) is 0. The van der Waals surface area contributed by atoms with Crippen LogP contribution in [0.3, 0.4) is 0 Å². The molecule has 0 amide bonds. The maximum Gasteiger partial charge on any atom is 0.305 e. The number of hydrogen-bond acceptors (Lipinski definition) is 3. The largest absolute Gasteiger partial charge is 0.465 e. The number of carbonyl (C=O) groups is 2. The zero-order valence-electron chi connectivity index (χ0n) is 15.4. The Morgan fingerprint density at radius 3 is 2.08 bits per heavy atom. The lowest BCUT2D eigenvalue weighted by atomic mass is 10.1. The van der Waals surface area contributed by atoms with Crippen molar-refractivity contribution in [1.29, 1.82) is 0 Å². The number of halogens is 1. The highest BCUT2D eigenvalue weighted by Gasteiger charge is 2.05. The smallest absolute Gasteiger partial charge is 0.305 e. The minimum Gasteiger partial charge on any atom is -0.465 e. The summed E-state index contributed by atoms with van der Waals surface area (Å²) >= 11 is 5.28. The second-order valence-corrected chi connectivity index (χ2v) is 7.03. The minimum absolute atomic E-state index is 0.108. The molecule has 0 N–H and O–H groups in total. The first-order valence-electron chi connectivity index (χ1n) is 9.09. The number of unbranched alkanes of at least 4 members (excludes halogenated alkanes) is 4. The van der Waals surface area contributed by atoms with Gasteiger partial charge in [0.1, 0.15) is 0 Å². The van der Waals surface area contributed by atoms with Crippen LogP contribution in [0.15, 0.2) is 24.3 Å². The Labute approximate surface area is 152 Å². The van der Waals surface area contributed by atoms with Crippen LogP contribution >= 0.6 is 11.6 Å². The number of carbonyl (C=O) groups excluding carboxylic acids is 2. The summed E-state index contributed by atoms with van der Waals surface area (Å²) in [6.45, 7) is 6.78. The lowest BCUT2D eigenvalue weighted by Crippen LogP contribution is -2.10. The third kappa shape index (κ3) is 17.3. The zero-order valence-corrected chi connectivity index (χ0v) is 16.2.